The van der Waals surface area contributed by atoms with E-state index in [1.165, 1.54) is 32.4 Å². The average Bonchev–Trinajstić information content (AvgIpc) is 2.16. The van der Waals surface area contributed by atoms with Crippen LogP contribution in [0.3, 0.4) is 0 Å². The Bertz CT molecular complexity index is 154. The third-order valence-corrected chi connectivity index (χ3v) is 2.94. The van der Waals surface area contributed by atoms with Gasteiger partial charge in [-0.2, -0.15) is 0 Å². The van der Waals surface area contributed by atoms with Crippen LogP contribution < -0.4 is 0 Å². The molecule has 1 saturated heterocycles. The summed E-state index contributed by atoms with van der Waals surface area (Å²) in [5, 5.41) is 0. The maximum atomic E-state index is 5.75. The zero-order chi connectivity index (χ0) is 9.52. The molecule has 1 aliphatic heterocycles. The van der Waals surface area contributed by atoms with Crippen LogP contribution in [0.1, 0.15) is 26.2 Å². The first kappa shape index (κ1) is 11.1. The van der Waals surface area contributed by atoms with E-state index in [2.05, 4.69) is 24.0 Å². The van der Waals surface area contributed by atoms with E-state index < -0.39 is 0 Å². The number of halogens is 1. The number of nitrogens with zero attached hydrogens (tertiary/aromatic N) is 1. The Balaban J connectivity index is 2.24. The van der Waals surface area contributed by atoms with Gasteiger partial charge in [-0.1, -0.05) is 12.2 Å². The lowest BCUT2D eigenvalue weighted by molar-refractivity contribution is 0.188. The van der Waals surface area contributed by atoms with Gasteiger partial charge in [0.05, 0.1) is 0 Å². The number of allylic oxidation sites excluding steroid dienone is 1. The van der Waals surface area contributed by atoms with Crippen molar-refractivity contribution in [3.8, 4) is 0 Å². The number of hydrogen-bond acceptors (Lipinski definition) is 1. The second-order valence-corrected chi connectivity index (χ2v) is 4.19. The van der Waals surface area contributed by atoms with E-state index >= 15 is 0 Å². The molecule has 0 saturated carbocycles. The first-order valence-electron chi connectivity index (χ1n) is 5.26. The Morgan fingerprint density at radius 2 is 2.38 bits per heavy atom. The Hall–Kier alpha value is -0.0100. The molecule has 1 heterocycles. The SMILES string of the molecule is C/C=C/CN1CCCC(CCCl)C1. The van der Waals surface area contributed by atoms with E-state index in [4.69, 9.17) is 11.6 Å². The molecule has 0 aromatic heterocycles. The van der Waals surface area contributed by atoms with E-state index in [1.807, 2.05) is 0 Å². The van der Waals surface area contributed by atoms with E-state index in [1.54, 1.807) is 0 Å². The van der Waals surface area contributed by atoms with E-state index in [0.717, 1.165) is 18.3 Å². The Morgan fingerprint density at radius 3 is 3.08 bits per heavy atom. The lowest BCUT2D eigenvalue weighted by Gasteiger charge is -2.31. The first-order valence-corrected chi connectivity index (χ1v) is 5.79. The fourth-order valence-electron chi connectivity index (χ4n) is 1.96. The molecule has 0 aromatic carbocycles. The summed E-state index contributed by atoms with van der Waals surface area (Å²) in [7, 11) is 0. The molecule has 0 aromatic rings. The van der Waals surface area contributed by atoms with E-state index in [0.29, 0.717) is 0 Å². The van der Waals surface area contributed by atoms with Gasteiger partial charge >= 0.3 is 0 Å². The smallest absolute Gasteiger partial charge is 0.0226 e. The maximum Gasteiger partial charge on any atom is 0.0226 e. The third kappa shape index (κ3) is 4.15. The van der Waals surface area contributed by atoms with Crippen molar-refractivity contribution in [3.63, 3.8) is 0 Å². The van der Waals surface area contributed by atoms with Crippen molar-refractivity contribution >= 4 is 11.6 Å². The summed E-state index contributed by atoms with van der Waals surface area (Å²) in [6.45, 7) is 5.72. The summed E-state index contributed by atoms with van der Waals surface area (Å²) < 4.78 is 0. The summed E-state index contributed by atoms with van der Waals surface area (Å²) in [6, 6.07) is 0. The van der Waals surface area contributed by atoms with Crippen LogP contribution in [-0.2, 0) is 0 Å². The molecule has 2 heteroatoms. The number of likely N-dealkylation sites (tertiary alicyclic amines) is 1. The molecule has 1 aliphatic rings. The third-order valence-electron chi connectivity index (χ3n) is 2.72. The summed E-state index contributed by atoms with van der Waals surface area (Å²) in [4.78, 5) is 2.53. The molecule has 1 fully saturated rings. The molecule has 0 aliphatic carbocycles. The van der Waals surface area contributed by atoms with Crippen LogP contribution in [0.25, 0.3) is 0 Å². The van der Waals surface area contributed by atoms with Gasteiger partial charge in [-0.3, -0.25) is 4.90 Å². The standard InChI is InChI=1S/C11H20ClN/c1-2-3-8-13-9-4-5-11(10-13)6-7-12/h2-3,11H,4-10H2,1H3/b3-2+. The monoisotopic (exact) mass is 201 g/mol. The Morgan fingerprint density at radius 1 is 1.54 bits per heavy atom. The molecule has 1 rings (SSSR count). The predicted molar refractivity (Wildman–Crippen MR) is 59.3 cm³/mol. The molecule has 0 bridgehead atoms. The fourth-order valence-corrected chi connectivity index (χ4v) is 2.27. The van der Waals surface area contributed by atoms with Crippen LogP contribution in [-0.4, -0.2) is 30.4 Å². The minimum absolute atomic E-state index is 0.822. The summed E-state index contributed by atoms with van der Waals surface area (Å²) in [5.74, 6) is 1.67. The highest BCUT2D eigenvalue weighted by molar-refractivity contribution is 6.17. The number of rotatable bonds is 4. The molecular weight excluding hydrogens is 182 g/mol. The summed E-state index contributed by atoms with van der Waals surface area (Å²) >= 11 is 5.75. The van der Waals surface area contributed by atoms with Gasteiger partial charge in [0.15, 0.2) is 0 Å². The predicted octanol–water partition coefficient (Wildman–Crippen LogP) is 2.90. The molecule has 1 nitrogen and oxygen atoms in total. The Labute approximate surface area is 86.8 Å². The van der Waals surface area contributed by atoms with Gasteiger partial charge in [0.2, 0.25) is 0 Å². The van der Waals surface area contributed by atoms with Crippen molar-refractivity contribution in [2.75, 3.05) is 25.5 Å². The second-order valence-electron chi connectivity index (χ2n) is 3.81. The topological polar surface area (TPSA) is 3.24 Å². The van der Waals surface area contributed by atoms with Crippen LogP contribution in [0, 0.1) is 5.92 Å². The molecule has 0 N–H and O–H groups in total. The number of alkyl halides is 1. The molecule has 0 radical (unpaired) electrons. The van der Waals surface area contributed by atoms with Crippen molar-refractivity contribution in [2.24, 2.45) is 5.92 Å². The minimum atomic E-state index is 0.822. The van der Waals surface area contributed by atoms with Crippen LogP contribution >= 0.6 is 11.6 Å². The highest BCUT2D eigenvalue weighted by Gasteiger charge is 2.17. The van der Waals surface area contributed by atoms with Crippen LogP contribution in [0.4, 0.5) is 0 Å². The second kappa shape index (κ2) is 6.44. The highest BCUT2D eigenvalue weighted by Crippen LogP contribution is 2.19. The molecule has 0 amide bonds. The van der Waals surface area contributed by atoms with Crippen LogP contribution in [0.15, 0.2) is 12.2 Å². The minimum Gasteiger partial charge on any atom is -0.299 e. The van der Waals surface area contributed by atoms with Crippen molar-refractivity contribution in [2.45, 2.75) is 26.2 Å². The quantitative estimate of drug-likeness (QED) is 0.500. The lowest BCUT2D eigenvalue weighted by atomic mass is 9.96. The van der Waals surface area contributed by atoms with E-state index in [9.17, 15) is 0 Å². The maximum absolute atomic E-state index is 5.75. The number of hydrogen-bond donors (Lipinski definition) is 0. The summed E-state index contributed by atoms with van der Waals surface area (Å²) in [6.07, 6.45) is 8.28. The van der Waals surface area contributed by atoms with Gasteiger partial charge in [-0.25, -0.2) is 0 Å². The van der Waals surface area contributed by atoms with Crippen molar-refractivity contribution < 1.29 is 0 Å². The van der Waals surface area contributed by atoms with Crippen molar-refractivity contribution in [1.29, 1.82) is 0 Å². The van der Waals surface area contributed by atoms with Gasteiger partial charge in [-0.15, -0.1) is 11.6 Å². The molecule has 76 valence electrons. The molecule has 0 spiro atoms. The van der Waals surface area contributed by atoms with Gasteiger partial charge in [-0.05, 0) is 38.6 Å². The zero-order valence-corrected chi connectivity index (χ0v) is 9.26. The largest absolute Gasteiger partial charge is 0.299 e. The van der Waals surface area contributed by atoms with E-state index in [-0.39, 0.29) is 0 Å². The van der Waals surface area contributed by atoms with Gasteiger partial charge in [0.25, 0.3) is 0 Å². The highest BCUT2D eigenvalue weighted by atomic mass is 35.5. The van der Waals surface area contributed by atoms with Gasteiger partial charge < -0.3 is 0 Å². The van der Waals surface area contributed by atoms with Gasteiger partial charge in [0, 0.05) is 19.0 Å². The number of piperidine rings is 1. The molecule has 13 heavy (non-hydrogen) atoms. The Kier molecular flexibility index (Phi) is 5.49. The first-order chi connectivity index (χ1) is 6.36. The van der Waals surface area contributed by atoms with Crippen LogP contribution in [0.2, 0.25) is 0 Å². The van der Waals surface area contributed by atoms with Crippen molar-refractivity contribution in [3.05, 3.63) is 12.2 Å². The lowest BCUT2D eigenvalue weighted by Crippen LogP contribution is -2.35. The zero-order valence-electron chi connectivity index (χ0n) is 8.51. The van der Waals surface area contributed by atoms with Crippen molar-refractivity contribution in [1.82, 2.24) is 4.90 Å². The average molecular weight is 202 g/mol. The summed E-state index contributed by atoms with van der Waals surface area (Å²) in [5.41, 5.74) is 0. The normalized spacial score (nSPS) is 25.5. The van der Waals surface area contributed by atoms with Gasteiger partial charge in [0.1, 0.15) is 0 Å². The molecule has 1 atom stereocenters. The van der Waals surface area contributed by atoms with Crippen LogP contribution in [0.5, 0.6) is 0 Å². The fraction of sp³-hybridized carbons (Fsp3) is 0.818. The molecule has 1 unspecified atom stereocenters. The molecular formula is C11H20ClN.